The second-order valence-electron chi connectivity index (χ2n) is 1.21. The van der Waals surface area contributed by atoms with Crippen LogP contribution < -0.4 is 0 Å². The van der Waals surface area contributed by atoms with E-state index in [-0.39, 0.29) is 32.7 Å². The van der Waals surface area contributed by atoms with Gasteiger partial charge in [-0.15, -0.1) is 5.71 Å². The topological polar surface area (TPSA) is 12.4 Å². The van der Waals surface area contributed by atoms with E-state index in [1.807, 2.05) is 13.8 Å². The van der Waals surface area contributed by atoms with Gasteiger partial charge in [0.1, 0.15) is 0 Å². The summed E-state index contributed by atoms with van der Waals surface area (Å²) in [6, 6.07) is 0. The molecule has 0 unspecified atom stereocenters. The Morgan fingerprint density at radius 2 is 2.14 bits per heavy atom. The average Bonchev–Trinajstić information content (AvgIpc) is 1.35. The molecule has 0 saturated carbocycles. The summed E-state index contributed by atoms with van der Waals surface area (Å²) in [5.41, 5.74) is 0.914. The summed E-state index contributed by atoms with van der Waals surface area (Å²) < 4.78 is 0. The molecule has 0 rings (SSSR count). The molecular weight excluding hydrogens is 163 g/mol. The molecule has 0 spiro atoms. The van der Waals surface area contributed by atoms with E-state index in [9.17, 15) is 0 Å². The zero-order valence-electron chi connectivity index (χ0n) is 4.94. The minimum atomic E-state index is 0. The van der Waals surface area contributed by atoms with Crippen LogP contribution in [0.3, 0.4) is 0 Å². The monoisotopic (exact) mass is 173 g/mol. The van der Waals surface area contributed by atoms with E-state index in [0.29, 0.717) is 0 Å². The predicted molar refractivity (Wildman–Crippen MR) is 29.0 cm³/mol. The molecule has 0 heterocycles. The van der Waals surface area contributed by atoms with E-state index in [2.05, 4.69) is 11.9 Å². The first-order valence-corrected chi connectivity index (χ1v) is 2.10. The molecule has 0 saturated heterocycles. The van der Waals surface area contributed by atoms with Crippen molar-refractivity contribution in [2.24, 2.45) is 4.99 Å². The molecule has 0 fully saturated rings. The molecule has 0 amide bonds. The Labute approximate surface area is 70.5 Å². The number of nitrogens with zero attached hydrogens (tertiary/aromatic N) is 1. The van der Waals surface area contributed by atoms with Crippen molar-refractivity contribution in [1.82, 2.24) is 0 Å². The van der Waals surface area contributed by atoms with E-state index in [1.165, 1.54) is 0 Å². The quantitative estimate of drug-likeness (QED) is 0.418. The summed E-state index contributed by atoms with van der Waals surface area (Å²) in [4.78, 5) is 3.93. The van der Waals surface area contributed by atoms with Gasteiger partial charge in [-0.05, 0) is 6.92 Å². The third-order valence-electron chi connectivity index (χ3n) is 0.428. The van der Waals surface area contributed by atoms with Crippen LogP contribution in [0.5, 0.6) is 0 Å². The second-order valence-corrected chi connectivity index (χ2v) is 1.21. The van der Waals surface area contributed by atoms with Crippen LogP contribution >= 0.6 is 0 Å². The van der Waals surface area contributed by atoms with Crippen molar-refractivity contribution in [3.63, 3.8) is 0 Å². The van der Waals surface area contributed by atoms with Crippen LogP contribution in [0.2, 0.25) is 0 Å². The zero-order valence-corrected chi connectivity index (χ0v) is 7.78. The van der Waals surface area contributed by atoms with Crippen LogP contribution in [-0.4, -0.2) is 12.3 Å². The Morgan fingerprint density at radius 3 is 2.14 bits per heavy atom. The van der Waals surface area contributed by atoms with Gasteiger partial charge in [0, 0.05) is 39.3 Å². The average molecular weight is 173 g/mol. The molecule has 0 aliphatic carbocycles. The van der Waals surface area contributed by atoms with Gasteiger partial charge in [-0.3, -0.25) is 0 Å². The van der Waals surface area contributed by atoms with Crippen molar-refractivity contribution in [3.05, 3.63) is 6.92 Å². The fraction of sp³-hybridized carbons (Fsp3) is 0.600. The van der Waals surface area contributed by atoms with E-state index in [4.69, 9.17) is 0 Å². The first-order chi connectivity index (χ1) is 2.77. The Balaban J connectivity index is 0. The summed E-state index contributed by atoms with van der Waals surface area (Å²) >= 11 is 0. The fourth-order valence-electron chi connectivity index (χ4n) is 0.270. The van der Waals surface area contributed by atoms with Gasteiger partial charge in [0.2, 0.25) is 0 Å². The molecule has 1 nitrogen and oxygen atoms in total. The predicted octanol–water partition coefficient (Wildman–Crippen LogP) is 1.30. The summed E-state index contributed by atoms with van der Waals surface area (Å²) in [5.74, 6) is 0. The Morgan fingerprint density at radius 1 is 1.71 bits per heavy atom. The zero-order chi connectivity index (χ0) is 4.99. The number of rotatable bonds is 1. The van der Waals surface area contributed by atoms with Gasteiger partial charge in [0.15, 0.2) is 0 Å². The van der Waals surface area contributed by atoms with Crippen molar-refractivity contribution in [2.75, 3.05) is 6.54 Å². The van der Waals surface area contributed by atoms with E-state index >= 15 is 0 Å². The van der Waals surface area contributed by atoms with Gasteiger partial charge in [-0.2, -0.15) is 0 Å². The van der Waals surface area contributed by atoms with Crippen molar-refractivity contribution in [3.8, 4) is 0 Å². The second kappa shape index (κ2) is 6.64. The summed E-state index contributed by atoms with van der Waals surface area (Å²) in [6.07, 6.45) is 0. The number of aliphatic imine (C=N–C) groups is 1. The van der Waals surface area contributed by atoms with Crippen molar-refractivity contribution >= 4 is 5.71 Å². The molecule has 0 aliphatic heterocycles. The maximum Gasteiger partial charge on any atom is 0.0330 e. The van der Waals surface area contributed by atoms with Gasteiger partial charge in [0.05, 0.1) is 0 Å². The van der Waals surface area contributed by atoms with Crippen LogP contribution in [0.25, 0.3) is 0 Å². The molecule has 0 bridgehead atoms. The standard InChI is InChI=1S/C5H10N.Y/c1-4-6-5(2)3;/h2,4H2,1,3H3;/q-1;. The van der Waals surface area contributed by atoms with Crippen molar-refractivity contribution in [1.29, 1.82) is 0 Å². The SMILES string of the molecule is [CH2-]C(C)=NCC.[Y]. The van der Waals surface area contributed by atoms with Gasteiger partial charge in [-0.25, -0.2) is 0 Å². The van der Waals surface area contributed by atoms with Crippen LogP contribution in [0.1, 0.15) is 13.8 Å². The van der Waals surface area contributed by atoms with Gasteiger partial charge in [0.25, 0.3) is 0 Å². The minimum Gasteiger partial charge on any atom is -0.361 e. The van der Waals surface area contributed by atoms with Gasteiger partial charge >= 0.3 is 0 Å². The maximum atomic E-state index is 3.93. The largest absolute Gasteiger partial charge is 0.361 e. The summed E-state index contributed by atoms with van der Waals surface area (Å²) in [7, 11) is 0. The Hall–Kier alpha value is 0.644. The third-order valence-corrected chi connectivity index (χ3v) is 0.428. The Kier molecular flexibility index (Phi) is 10.1. The van der Waals surface area contributed by atoms with Crippen LogP contribution in [-0.2, 0) is 32.7 Å². The molecule has 7 heavy (non-hydrogen) atoms. The van der Waals surface area contributed by atoms with Crippen LogP contribution in [0, 0.1) is 6.92 Å². The van der Waals surface area contributed by atoms with Crippen molar-refractivity contribution < 1.29 is 32.7 Å². The molecule has 0 aromatic carbocycles. The molecule has 1 radical (unpaired) electrons. The molecule has 0 N–H and O–H groups in total. The van der Waals surface area contributed by atoms with Crippen molar-refractivity contribution in [2.45, 2.75) is 13.8 Å². The van der Waals surface area contributed by atoms with E-state index in [1.54, 1.807) is 0 Å². The minimum absolute atomic E-state index is 0. The number of hydrogen-bond donors (Lipinski definition) is 0. The van der Waals surface area contributed by atoms with Gasteiger partial charge in [-0.1, -0.05) is 6.92 Å². The molecule has 2 heteroatoms. The molecule has 0 atom stereocenters. The third kappa shape index (κ3) is 10.8. The van der Waals surface area contributed by atoms with E-state index in [0.717, 1.165) is 12.3 Å². The molecule has 0 aromatic heterocycles. The smallest absolute Gasteiger partial charge is 0.0330 e. The number of hydrogen-bond acceptors (Lipinski definition) is 1. The fourth-order valence-corrected chi connectivity index (χ4v) is 0.270. The van der Waals surface area contributed by atoms with E-state index < -0.39 is 0 Å². The van der Waals surface area contributed by atoms with Gasteiger partial charge < -0.3 is 11.9 Å². The maximum absolute atomic E-state index is 3.93. The summed E-state index contributed by atoms with van der Waals surface area (Å²) in [6.45, 7) is 8.32. The molecular formula is C5H10NY-. The van der Waals surface area contributed by atoms with Crippen LogP contribution in [0.15, 0.2) is 4.99 Å². The Bertz CT molecular complexity index is 55.1. The molecule has 39 valence electrons. The van der Waals surface area contributed by atoms with Crippen LogP contribution in [0.4, 0.5) is 0 Å². The summed E-state index contributed by atoms with van der Waals surface area (Å²) in [5, 5.41) is 0. The normalized spacial score (nSPS) is 10.3. The molecule has 0 aliphatic rings. The molecule has 0 aromatic rings. The first-order valence-electron chi connectivity index (χ1n) is 2.10. The first kappa shape index (κ1) is 10.6.